The van der Waals surface area contributed by atoms with Gasteiger partial charge in [0.1, 0.15) is 23.0 Å². The first-order valence-corrected chi connectivity index (χ1v) is 9.45. The lowest BCUT2D eigenvalue weighted by atomic mass is 10.2. The molecule has 0 saturated carbocycles. The van der Waals surface area contributed by atoms with Crippen molar-refractivity contribution < 1.29 is 4.79 Å². The Bertz CT molecular complexity index is 1130. The largest absolute Gasteiger partial charge is 0.383 e. The van der Waals surface area contributed by atoms with E-state index in [-0.39, 0.29) is 28.6 Å². The fourth-order valence-electron chi connectivity index (χ4n) is 2.29. The number of pyridine rings is 1. The molecule has 2 aromatic heterocycles. The minimum Gasteiger partial charge on any atom is -0.383 e. The highest BCUT2D eigenvalue weighted by Crippen LogP contribution is 2.24. The van der Waals surface area contributed by atoms with Crippen molar-refractivity contribution >= 4 is 29.2 Å². The molecule has 0 aliphatic rings. The topological polar surface area (TPSA) is 159 Å². The summed E-state index contributed by atoms with van der Waals surface area (Å²) < 4.78 is 0. The van der Waals surface area contributed by atoms with Crippen molar-refractivity contribution in [3.63, 3.8) is 0 Å². The third kappa shape index (κ3) is 4.66. The molecular formula is C18H15N9OS. The number of aromatic nitrogens is 5. The van der Waals surface area contributed by atoms with Gasteiger partial charge in [0.05, 0.1) is 22.6 Å². The molecule has 3 aromatic rings. The number of aryl methyl sites for hydroxylation is 1. The highest BCUT2D eigenvalue weighted by atomic mass is 32.2. The predicted octanol–water partition coefficient (Wildman–Crippen LogP) is 1.68. The molecule has 144 valence electrons. The van der Waals surface area contributed by atoms with Crippen LogP contribution in [-0.4, -0.2) is 36.9 Å². The van der Waals surface area contributed by atoms with Crippen LogP contribution in [0.3, 0.4) is 0 Å². The van der Waals surface area contributed by atoms with E-state index in [9.17, 15) is 10.1 Å². The van der Waals surface area contributed by atoms with Crippen molar-refractivity contribution in [2.45, 2.75) is 18.4 Å². The molecule has 1 aromatic carbocycles. The van der Waals surface area contributed by atoms with Gasteiger partial charge in [-0.15, -0.1) is 15.0 Å². The molecule has 0 aliphatic carbocycles. The number of rotatable bonds is 6. The van der Waals surface area contributed by atoms with Gasteiger partial charge in [-0.1, -0.05) is 18.7 Å². The Morgan fingerprint density at radius 1 is 1.24 bits per heavy atom. The van der Waals surface area contributed by atoms with Crippen LogP contribution in [0, 0.1) is 22.7 Å². The molecule has 29 heavy (non-hydrogen) atoms. The van der Waals surface area contributed by atoms with Gasteiger partial charge in [0, 0.05) is 12.1 Å². The van der Waals surface area contributed by atoms with Crippen LogP contribution < -0.4 is 11.1 Å². The Kier molecular flexibility index (Phi) is 6.02. The number of hydrogen-bond donors (Lipinski definition) is 2. The summed E-state index contributed by atoms with van der Waals surface area (Å²) >= 11 is 1.07. The summed E-state index contributed by atoms with van der Waals surface area (Å²) in [6.45, 7) is 1.94. The van der Waals surface area contributed by atoms with Crippen LogP contribution in [0.25, 0.3) is 5.69 Å². The van der Waals surface area contributed by atoms with Gasteiger partial charge in [-0.05, 0) is 35.5 Å². The standard InChI is InChI=1S/C18H15N9OS/c1-2-15-24-26-27(25-15)14-5-3-13(4-6-14)22-16(28)10-29-18-12(9-20)7-11(8-19)17(21)23-18/h3-7H,2,10H2,1H3,(H2,21,23)(H,22,28). The summed E-state index contributed by atoms with van der Waals surface area (Å²) in [6, 6.07) is 12.2. The lowest BCUT2D eigenvalue weighted by Crippen LogP contribution is -2.14. The molecule has 3 N–H and O–H groups in total. The number of nitrogens with one attached hydrogen (secondary N) is 1. The predicted molar refractivity (Wildman–Crippen MR) is 106 cm³/mol. The van der Waals surface area contributed by atoms with Crippen LogP contribution in [0.4, 0.5) is 11.5 Å². The molecule has 3 rings (SSSR count). The first-order valence-electron chi connectivity index (χ1n) is 8.46. The molecule has 11 heteroatoms. The first-order chi connectivity index (χ1) is 14.0. The quantitative estimate of drug-likeness (QED) is 0.581. The van der Waals surface area contributed by atoms with Crippen LogP contribution in [0.15, 0.2) is 35.4 Å². The monoisotopic (exact) mass is 405 g/mol. The van der Waals surface area contributed by atoms with Crippen LogP contribution in [0.5, 0.6) is 0 Å². The molecule has 0 fully saturated rings. The Labute approximate surface area is 170 Å². The van der Waals surface area contributed by atoms with Crippen LogP contribution >= 0.6 is 11.8 Å². The van der Waals surface area contributed by atoms with Gasteiger partial charge >= 0.3 is 0 Å². The second-order valence-corrected chi connectivity index (χ2v) is 6.69. The SMILES string of the molecule is CCc1nnn(-c2ccc(NC(=O)CSc3nc(N)c(C#N)cc3C#N)cc2)n1. The van der Waals surface area contributed by atoms with Gasteiger partial charge in [0.15, 0.2) is 5.82 Å². The number of nitriles is 2. The number of nitrogens with two attached hydrogens (primary N) is 1. The van der Waals surface area contributed by atoms with Crippen LogP contribution in [0.1, 0.15) is 23.9 Å². The fourth-order valence-corrected chi connectivity index (χ4v) is 3.06. The van der Waals surface area contributed by atoms with Gasteiger partial charge in [0.25, 0.3) is 0 Å². The summed E-state index contributed by atoms with van der Waals surface area (Å²) in [7, 11) is 0. The molecule has 2 heterocycles. The minimum atomic E-state index is -0.275. The number of nitrogen functional groups attached to an aromatic ring is 1. The van der Waals surface area contributed by atoms with Crippen molar-refractivity contribution in [1.29, 1.82) is 10.5 Å². The van der Waals surface area contributed by atoms with Gasteiger partial charge in [-0.2, -0.15) is 10.5 Å². The summed E-state index contributed by atoms with van der Waals surface area (Å²) in [6.07, 6.45) is 0.694. The molecule has 0 unspecified atom stereocenters. The van der Waals surface area contributed by atoms with E-state index < -0.39 is 0 Å². The van der Waals surface area contributed by atoms with Crippen molar-refractivity contribution in [2.75, 3.05) is 16.8 Å². The third-order valence-corrected chi connectivity index (χ3v) is 4.74. The highest BCUT2D eigenvalue weighted by molar-refractivity contribution is 8.00. The van der Waals surface area contributed by atoms with Crippen molar-refractivity contribution in [2.24, 2.45) is 0 Å². The van der Waals surface area contributed by atoms with E-state index in [0.29, 0.717) is 23.0 Å². The van der Waals surface area contributed by atoms with Gasteiger partial charge in [-0.25, -0.2) is 4.98 Å². The Morgan fingerprint density at radius 2 is 1.97 bits per heavy atom. The number of nitrogens with zero attached hydrogens (tertiary/aromatic N) is 7. The first kappa shape index (κ1) is 19.8. The summed E-state index contributed by atoms with van der Waals surface area (Å²) in [5.74, 6) is 0.425. The lowest BCUT2D eigenvalue weighted by molar-refractivity contribution is -0.113. The second-order valence-electron chi connectivity index (χ2n) is 5.73. The lowest BCUT2D eigenvalue weighted by Gasteiger charge is -2.07. The molecule has 0 bridgehead atoms. The molecular weight excluding hydrogens is 390 g/mol. The smallest absolute Gasteiger partial charge is 0.234 e. The maximum absolute atomic E-state index is 12.2. The van der Waals surface area contributed by atoms with E-state index in [1.54, 1.807) is 24.3 Å². The number of thioether (sulfide) groups is 1. The van der Waals surface area contributed by atoms with Gasteiger partial charge in [-0.3, -0.25) is 4.79 Å². The molecule has 0 spiro atoms. The number of amides is 1. The molecule has 1 amide bonds. The van der Waals surface area contributed by atoms with Crippen molar-refractivity contribution in [3.05, 3.63) is 47.3 Å². The number of hydrogen-bond acceptors (Lipinski definition) is 9. The van der Waals surface area contributed by atoms with Crippen LogP contribution in [0.2, 0.25) is 0 Å². The molecule has 0 aliphatic heterocycles. The van der Waals surface area contributed by atoms with E-state index in [2.05, 4.69) is 25.7 Å². The van der Waals surface area contributed by atoms with E-state index >= 15 is 0 Å². The zero-order valence-electron chi connectivity index (χ0n) is 15.3. The van der Waals surface area contributed by atoms with Crippen molar-refractivity contribution in [3.8, 4) is 17.8 Å². The normalized spacial score (nSPS) is 10.2. The van der Waals surface area contributed by atoms with E-state index in [0.717, 1.165) is 17.4 Å². The average Bonchev–Trinajstić information content (AvgIpc) is 3.22. The number of tetrazole rings is 1. The zero-order valence-corrected chi connectivity index (χ0v) is 16.1. The van der Waals surface area contributed by atoms with Crippen LogP contribution in [-0.2, 0) is 11.2 Å². The van der Waals surface area contributed by atoms with Gasteiger partial charge < -0.3 is 11.1 Å². The fraction of sp³-hybridized carbons (Fsp3) is 0.167. The number of carbonyl (C=O) groups excluding carboxylic acids is 1. The molecule has 0 radical (unpaired) electrons. The van der Waals surface area contributed by atoms with E-state index in [1.165, 1.54) is 10.9 Å². The van der Waals surface area contributed by atoms with Crippen molar-refractivity contribution in [1.82, 2.24) is 25.2 Å². The minimum absolute atomic E-state index is 0.0259. The third-order valence-electron chi connectivity index (χ3n) is 3.75. The summed E-state index contributed by atoms with van der Waals surface area (Å²) in [5, 5.41) is 33.3. The number of anilines is 2. The second kappa shape index (κ2) is 8.82. The highest BCUT2D eigenvalue weighted by Gasteiger charge is 2.13. The zero-order chi connectivity index (χ0) is 20.8. The maximum atomic E-state index is 12.2. The number of benzene rings is 1. The Hall–Kier alpha value is -3.96. The summed E-state index contributed by atoms with van der Waals surface area (Å²) in [5.41, 5.74) is 7.33. The number of carbonyl (C=O) groups is 1. The van der Waals surface area contributed by atoms with E-state index in [4.69, 9.17) is 11.0 Å². The maximum Gasteiger partial charge on any atom is 0.234 e. The van der Waals surface area contributed by atoms with Gasteiger partial charge in [0.2, 0.25) is 5.91 Å². The summed E-state index contributed by atoms with van der Waals surface area (Å²) in [4.78, 5) is 17.7. The molecule has 0 atom stereocenters. The Morgan fingerprint density at radius 3 is 2.59 bits per heavy atom. The average molecular weight is 405 g/mol. The van der Waals surface area contributed by atoms with E-state index in [1.807, 2.05) is 19.1 Å². The Balaban J connectivity index is 1.62. The molecule has 0 saturated heterocycles. The molecule has 10 nitrogen and oxygen atoms in total.